The molecule has 20 heavy (non-hydrogen) atoms. The van der Waals surface area contributed by atoms with E-state index >= 15 is 0 Å². The zero-order valence-electron chi connectivity index (χ0n) is 11.0. The van der Waals surface area contributed by atoms with E-state index in [9.17, 15) is 18.0 Å². The number of halogens is 3. The van der Waals surface area contributed by atoms with Crippen molar-refractivity contribution in [3.05, 3.63) is 29.8 Å². The zero-order valence-corrected chi connectivity index (χ0v) is 11.9. The first-order valence-corrected chi connectivity index (χ1v) is 7.42. The summed E-state index contributed by atoms with van der Waals surface area (Å²) in [6.07, 6.45) is -2.85. The van der Waals surface area contributed by atoms with Crippen molar-refractivity contribution in [3.8, 4) is 0 Å². The predicted octanol–water partition coefficient (Wildman–Crippen LogP) is 2.81. The molecule has 3 nitrogen and oxygen atoms in total. The lowest BCUT2D eigenvalue weighted by atomic mass is 10.1. The van der Waals surface area contributed by atoms with Gasteiger partial charge in [-0.15, -0.1) is 0 Å². The first kappa shape index (κ1) is 16.8. The largest absolute Gasteiger partial charge is 0.393 e. The van der Waals surface area contributed by atoms with E-state index in [1.165, 1.54) is 18.2 Å². The molecule has 1 atom stereocenters. The van der Waals surface area contributed by atoms with Crippen LogP contribution in [-0.4, -0.2) is 30.1 Å². The number of carbonyl (C=O) groups excluding carboxylic acids is 1. The maximum absolute atomic E-state index is 12.3. The predicted molar refractivity (Wildman–Crippen MR) is 75.8 cm³/mol. The van der Waals surface area contributed by atoms with Crippen LogP contribution < -0.4 is 11.1 Å². The molecule has 7 heteroatoms. The van der Waals surface area contributed by atoms with Gasteiger partial charge in [-0.25, -0.2) is 0 Å². The summed E-state index contributed by atoms with van der Waals surface area (Å²) in [5.74, 6) is 0.367. The SMILES string of the molecule is CSCC[C@H](N)C(=O)Nc1cccc(CC(F)(F)F)c1. The maximum Gasteiger partial charge on any atom is 0.393 e. The van der Waals surface area contributed by atoms with Crippen molar-refractivity contribution in [2.45, 2.75) is 25.1 Å². The van der Waals surface area contributed by atoms with Crippen LogP contribution in [0, 0.1) is 0 Å². The molecular weight excluding hydrogens is 289 g/mol. The summed E-state index contributed by atoms with van der Waals surface area (Å²) in [6, 6.07) is 5.04. The molecule has 0 heterocycles. The highest BCUT2D eigenvalue weighted by molar-refractivity contribution is 7.98. The monoisotopic (exact) mass is 306 g/mol. The van der Waals surface area contributed by atoms with E-state index in [0.717, 1.165) is 5.75 Å². The van der Waals surface area contributed by atoms with E-state index in [4.69, 9.17) is 5.73 Å². The fraction of sp³-hybridized carbons (Fsp3) is 0.462. The van der Waals surface area contributed by atoms with E-state index in [-0.39, 0.29) is 11.5 Å². The van der Waals surface area contributed by atoms with E-state index in [1.54, 1.807) is 17.8 Å². The van der Waals surface area contributed by atoms with Crippen molar-refractivity contribution in [3.63, 3.8) is 0 Å². The second kappa shape index (κ2) is 7.54. The number of thioether (sulfide) groups is 1. The van der Waals surface area contributed by atoms with Crippen molar-refractivity contribution < 1.29 is 18.0 Å². The van der Waals surface area contributed by atoms with Gasteiger partial charge in [0.2, 0.25) is 5.91 Å². The third kappa shape index (κ3) is 6.29. The molecule has 0 unspecified atom stereocenters. The molecule has 0 spiro atoms. The molecule has 112 valence electrons. The highest BCUT2D eigenvalue weighted by Gasteiger charge is 2.27. The number of rotatable bonds is 6. The number of amides is 1. The van der Waals surface area contributed by atoms with Gasteiger partial charge in [0.1, 0.15) is 0 Å². The van der Waals surface area contributed by atoms with Crippen molar-refractivity contribution in [1.82, 2.24) is 0 Å². The highest BCUT2D eigenvalue weighted by atomic mass is 32.2. The Morgan fingerprint density at radius 3 is 2.75 bits per heavy atom. The third-order valence-electron chi connectivity index (χ3n) is 2.57. The summed E-state index contributed by atoms with van der Waals surface area (Å²) < 4.78 is 36.9. The molecule has 0 saturated heterocycles. The number of hydrogen-bond donors (Lipinski definition) is 2. The van der Waals surface area contributed by atoms with Crippen LogP contribution >= 0.6 is 11.8 Å². The Balaban J connectivity index is 2.64. The number of carbonyl (C=O) groups is 1. The Morgan fingerprint density at radius 1 is 1.45 bits per heavy atom. The van der Waals surface area contributed by atoms with Crippen LogP contribution in [0.15, 0.2) is 24.3 Å². The molecule has 1 aromatic carbocycles. The number of alkyl halides is 3. The second-order valence-electron chi connectivity index (χ2n) is 4.37. The van der Waals surface area contributed by atoms with Crippen LogP contribution in [-0.2, 0) is 11.2 Å². The van der Waals surface area contributed by atoms with Crippen LogP contribution in [0.3, 0.4) is 0 Å². The molecule has 1 aromatic rings. The minimum absolute atomic E-state index is 0.105. The normalized spacial score (nSPS) is 13.1. The molecule has 3 N–H and O–H groups in total. The van der Waals surface area contributed by atoms with E-state index < -0.39 is 18.6 Å². The summed E-state index contributed by atoms with van der Waals surface area (Å²) in [7, 11) is 0. The maximum atomic E-state index is 12.3. The van der Waals surface area contributed by atoms with Crippen molar-refractivity contribution in [1.29, 1.82) is 0 Å². The number of benzene rings is 1. The molecule has 0 bridgehead atoms. The minimum Gasteiger partial charge on any atom is -0.325 e. The molecule has 0 radical (unpaired) electrons. The summed E-state index contributed by atoms with van der Waals surface area (Å²) >= 11 is 1.58. The van der Waals surface area contributed by atoms with Gasteiger partial charge in [-0.05, 0) is 36.1 Å². The molecule has 0 saturated carbocycles. The quantitative estimate of drug-likeness (QED) is 0.850. The Morgan fingerprint density at radius 2 is 2.15 bits per heavy atom. The van der Waals surface area contributed by atoms with Crippen LogP contribution in [0.1, 0.15) is 12.0 Å². The molecule has 0 aliphatic rings. The molecular formula is C13H17F3N2OS. The molecule has 1 amide bonds. The fourth-order valence-corrected chi connectivity index (χ4v) is 2.09. The first-order valence-electron chi connectivity index (χ1n) is 6.03. The third-order valence-corrected chi connectivity index (χ3v) is 3.21. The van der Waals surface area contributed by atoms with Gasteiger partial charge in [-0.1, -0.05) is 12.1 Å². The summed E-state index contributed by atoms with van der Waals surface area (Å²) in [5.41, 5.74) is 6.12. The van der Waals surface area contributed by atoms with Crippen LogP contribution in [0.25, 0.3) is 0 Å². The Labute approximate surface area is 120 Å². The van der Waals surface area contributed by atoms with E-state index in [2.05, 4.69) is 5.32 Å². The van der Waals surface area contributed by atoms with Crippen LogP contribution in [0.4, 0.5) is 18.9 Å². The van der Waals surface area contributed by atoms with Crippen molar-refractivity contribution in [2.24, 2.45) is 5.73 Å². The zero-order chi connectivity index (χ0) is 15.2. The van der Waals surface area contributed by atoms with Gasteiger partial charge in [0.25, 0.3) is 0 Å². The number of nitrogens with one attached hydrogen (secondary N) is 1. The van der Waals surface area contributed by atoms with Gasteiger partial charge in [0.15, 0.2) is 0 Å². The Hall–Kier alpha value is -1.21. The number of nitrogens with two attached hydrogens (primary N) is 1. The van der Waals surface area contributed by atoms with E-state index in [1.807, 2.05) is 6.26 Å². The van der Waals surface area contributed by atoms with Gasteiger partial charge in [-0.2, -0.15) is 24.9 Å². The fourth-order valence-electron chi connectivity index (χ4n) is 1.60. The van der Waals surface area contributed by atoms with Gasteiger partial charge >= 0.3 is 6.18 Å². The second-order valence-corrected chi connectivity index (χ2v) is 5.36. The average Bonchev–Trinajstić information content (AvgIpc) is 2.34. The molecule has 0 aliphatic carbocycles. The van der Waals surface area contributed by atoms with Crippen LogP contribution in [0.5, 0.6) is 0 Å². The molecule has 0 fully saturated rings. The minimum atomic E-state index is -4.27. The van der Waals surface area contributed by atoms with Crippen molar-refractivity contribution in [2.75, 3.05) is 17.3 Å². The molecule has 1 rings (SSSR count). The van der Waals surface area contributed by atoms with Gasteiger partial charge in [0.05, 0.1) is 12.5 Å². The van der Waals surface area contributed by atoms with Crippen LogP contribution in [0.2, 0.25) is 0 Å². The molecule has 0 aliphatic heterocycles. The lowest BCUT2D eigenvalue weighted by molar-refractivity contribution is -0.127. The number of anilines is 1. The van der Waals surface area contributed by atoms with Crippen molar-refractivity contribution >= 4 is 23.4 Å². The van der Waals surface area contributed by atoms with Gasteiger partial charge in [-0.3, -0.25) is 4.79 Å². The Kier molecular flexibility index (Phi) is 6.35. The topological polar surface area (TPSA) is 55.1 Å². The Bertz CT molecular complexity index is 451. The van der Waals surface area contributed by atoms with E-state index in [0.29, 0.717) is 12.1 Å². The average molecular weight is 306 g/mol. The molecule has 0 aromatic heterocycles. The van der Waals surface area contributed by atoms with Gasteiger partial charge in [0, 0.05) is 5.69 Å². The summed E-state index contributed by atoms with van der Waals surface area (Å²) in [6.45, 7) is 0. The van der Waals surface area contributed by atoms with Gasteiger partial charge < -0.3 is 11.1 Å². The highest BCUT2D eigenvalue weighted by Crippen LogP contribution is 2.22. The number of hydrogen-bond acceptors (Lipinski definition) is 3. The smallest absolute Gasteiger partial charge is 0.325 e. The lowest BCUT2D eigenvalue weighted by Gasteiger charge is -2.13. The summed E-state index contributed by atoms with van der Waals surface area (Å²) in [5, 5.41) is 2.54. The first-order chi connectivity index (χ1) is 9.31. The lowest BCUT2D eigenvalue weighted by Crippen LogP contribution is -2.36. The summed E-state index contributed by atoms with van der Waals surface area (Å²) in [4.78, 5) is 11.7. The standard InChI is InChI=1S/C13H17F3N2OS/c1-20-6-5-11(17)12(19)18-10-4-2-3-9(7-10)8-13(14,15)16/h2-4,7,11H,5-6,8,17H2,1H3,(H,18,19)/t11-/m0/s1.